The molecule has 6 heteroatoms. The molecule has 2 aromatic heterocycles. The van der Waals surface area contributed by atoms with Gasteiger partial charge < -0.3 is 9.52 Å². The number of benzene rings is 1. The molecule has 0 unspecified atom stereocenters. The van der Waals surface area contributed by atoms with E-state index < -0.39 is 0 Å². The number of allylic oxidation sites excluding steroid dienone is 1. The maximum absolute atomic E-state index is 12.3. The first-order chi connectivity index (χ1) is 11.1. The number of aromatic amines is 1. The zero-order valence-corrected chi connectivity index (χ0v) is 12.5. The molecule has 0 bridgehead atoms. The van der Waals surface area contributed by atoms with Crippen molar-refractivity contribution in [3.8, 4) is 0 Å². The number of hydrogen-bond donors (Lipinski definition) is 2. The third kappa shape index (κ3) is 3.37. The van der Waals surface area contributed by atoms with E-state index in [0.717, 1.165) is 11.6 Å². The van der Waals surface area contributed by atoms with E-state index in [9.17, 15) is 9.90 Å². The monoisotopic (exact) mass is 309 g/mol. The molecule has 0 aliphatic carbocycles. The van der Waals surface area contributed by atoms with Gasteiger partial charge in [-0.3, -0.25) is 9.89 Å². The van der Waals surface area contributed by atoms with E-state index in [1.165, 1.54) is 18.2 Å². The van der Waals surface area contributed by atoms with Gasteiger partial charge in [-0.1, -0.05) is 29.8 Å². The van der Waals surface area contributed by atoms with Crippen LogP contribution in [0.5, 0.6) is 0 Å². The van der Waals surface area contributed by atoms with Gasteiger partial charge in [-0.2, -0.15) is 5.10 Å². The molecule has 0 aliphatic rings. The highest BCUT2D eigenvalue weighted by molar-refractivity contribution is 6.08. The van der Waals surface area contributed by atoms with Crippen LogP contribution < -0.4 is 0 Å². The highest BCUT2D eigenvalue weighted by atomic mass is 16.3. The fourth-order valence-corrected chi connectivity index (χ4v) is 2.19. The summed E-state index contributed by atoms with van der Waals surface area (Å²) < 4.78 is 5.42. The van der Waals surface area contributed by atoms with Crippen LogP contribution in [0, 0.1) is 6.92 Å². The minimum Gasteiger partial charge on any atom is -0.504 e. The van der Waals surface area contributed by atoms with Crippen molar-refractivity contribution in [2.24, 2.45) is 0 Å². The molecule has 1 aromatic carbocycles. The summed E-state index contributed by atoms with van der Waals surface area (Å²) in [5, 5.41) is 16.0. The van der Waals surface area contributed by atoms with Gasteiger partial charge in [-0.15, -0.1) is 0 Å². The van der Waals surface area contributed by atoms with Crippen LogP contribution in [0.4, 0.5) is 0 Å². The molecule has 0 spiro atoms. The quantitative estimate of drug-likeness (QED) is 0.429. The summed E-state index contributed by atoms with van der Waals surface area (Å²) >= 11 is 0. The van der Waals surface area contributed by atoms with Crippen molar-refractivity contribution >= 4 is 11.5 Å². The molecule has 0 saturated heterocycles. The number of hydrogen-bond acceptors (Lipinski definition) is 5. The van der Waals surface area contributed by atoms with E-state index in [1.54, 1.807) is 6.07 Å². The number of furan rings is 1. The highest BCUT2D eigenvalue weighted by Crippen LogP contribution is 2.18. The topological polar surface area (TPSA) is 92.0 Å². The van der Waals surface area contributed by atoms with Gasteiger partial charge in [0.2, 0.25) is 5.82 Å². The third-order valence-corrected chi connectivity index (χ3v) is 3.41. The molecule has 0 amide bonds. The number of aliphatic hydroxyl groups is 1. The number of carbonyl (C=O) groups is 1. The largest absolute Gasteiger partial charge is 0.504 e. The van der Waals surface area contributed by atoms with Crippen LogP contribution in [-0.4, -0.2) is 26.1 Å². The number of aliphatic hydroxyl groups excluding tert-OH is 1. The predicted octanol–water partition coefficient (Wildman–Crippen LogP) is 3.08. The fourth-order valence-electron chi connectivity index (χ4n) is 2.19. The molecule has 0 aliphatic heterocycles. The van der Waals surface area contributed by atoms with Crippen LogP contribution in [0.2, 0.25) is 0 Å². The summed E-state index contributed by atoms with van der Waals surface area (Å²) in [6.07, 6.45) is 4.38. The van der Waals surface area contributed by atoms with Gasteiger partial charge in [0.05, 0.1) is 11.8 Å². The normalized spacial score (nSPS) is 11.6. The Bertz CT molecular complexity index is 830. The first kappa shape index (κ1) is 14.8. The number of rotatable bonds is 5. The van der Waals surface area contributed by atoms with E-state index in [2.05, 4.69) is 15.2 Å². The minimum atomic E-state index is -0.358. The van der Waals surface area contributed by atoms with Gasteiger partial charge in [0, 0.05) is 12.5 Å². The van der Waals surface area contributed by atoms with E-state index in [0.29, 0.717) is 17.7 Å². The van der Waals surface area contributed by atoms with Crippen LogP contribution in [0.3, 0.4) is 0 Å². The van der Waals surface area contributed by atoms with Crippen LogP contribution >= 0.6 is 0 Å². The van der Waals surface area contributed by atoms with Crippen LogP contribution in [-0.2, 0) is 6.42 Å². The molecule has 3 aromatic rings. The number of nitrogens with one attached hydrogen (secondary N) is 1. The Morgan fingerprint density at radius 1 is 1.30 bits per heavy atom. The van der Waals surface area contributed by atoms with Crippen molar-refractivity contribution in [2.45, 2.75) is 13.3 Å². The van der Waals surface area contributed by atoms with Crippen molar-refractivity contribution in [1.82, 2.24) is 15.2 Å². The molecular formula is C17H15N3O3. The summed E-state index contributed by atoms with van der Waals surface area (Å²) in [5.41, 5.74) is 2.62. The predicted molar refractivity (Wildman–Crippen MR) is 84.0 cm³/mol. The maximum atomic E-state index is 12.3. The van der Waals surface area contributed by atoms with Gasteiger partial charge in [0.25, 0.3) is 0 Å². The van der Waals surface area contributed by atoms with Crippen molar-refractivity contribution in [1.29, 1.82) is 0 Å². The minimum absolute atomic E-state index is 0.0712. The molecule has 116 valence electrons. The SMILES string of the molecule is Cc1ccc(Cc2occc2C(=O)C=C(O)c2nc[nH]n2)cc1. The van der Waals surface area contributed by atoms with E-state index in [4.69, 9.17) is 4.42 Å². The Morgan fingerprint density at radius 2 is 2.09 bits per heavy atom. The summed E-state index contributed by atoms with van der Waals surface area (Å²) in [7, 11) is 0. The lowest BCUT2D eigenvalue weighted by Gasteiger charge is -2.02. The van der Waals surface area contributed by atoms with Gasteiger partial charge in [0.15, 0.2) is 11.5 Å². The van der Waals surface area contributed by atoms with Crippen molar-refractivity contribution in [2.75, 3.05) is 0 Å². The second-order valence-electron chi connectivity index (χ2n) is 5.14. The lowest BCUT2D eigenvalue weighted by molar-refractivity contribution is 0.104. The number of ketones is 1. The molecule has 0 atom stereocenters. The number of aromatic nitrogens is 3. The van der Waals surface area contributed by atoms with Crippen LogP contribution in [0.15, 0.2) is 53.4 Å². The average molecular weight is 309 g/mol. The molecule has 2 heterocycles. The summed E-state index contributed by atoms with van der Waals surface area (Å²) in [6.45, 7) is 2.02. The number of H-pyrrole nitrogens is 1. The number of nitrogens with zero attached hydrogens (tertiary/aromatic N) is 2. The number of carbonyl (C=O) groups excluding carboxylic acids is 1. The molecule has 2 N–H and O–H groups in total. The molecule has 23 heavy (non-hydrogen) atoms. The summed E-state index contributed by atoms with van der Waals surface area (Å²) in [5.74, 6) is -0.0262. The second kappa shape index (κ2) is 6.31. The highest BCUT2D eigenvalue weighted by Gasteiger charge is 2.15. The van der Waals surface area contributed by atoms with Crippen LogP contribution in [0.25, 0.3) is 5.76 Å². The Kier molecular flexibility index (Phi) is 4.05. The van der Waals surface area contributed by atoms with Gasteiger partial charge in [0.1, 0.15) is 12.1 Å². The number of aryl methyl sites for hydroxylation is 1. The molecule has 0 saturated carbocycles. The molecule has 6 nitrogen and oxygen atoms in total. The zero-order chi connectivity index (χ0) is 16.2. The molecule has 3 rings (SSSR count). The van der Waals surface area contributed by atoms with E-state index in [-0.39, 0.29) is 17.4 Å². The second-order valence-corrected chi connectivity index (χ2v) is 5.14. The Labute approximate surface area is 132 Å². The Morgan fingerprint density at radius 3 is 2.78 bits per heavy atom. The van der Waals surface area contributed by atoms with E-state index >= 15 is 0 Å². The lowest BCUT2D eigenvalue weighted by Crippen LogP contribution is -2.00. The van der Waals surface area contributed by atoms with Crippen molar-refractivity contribution in [3.05, 3.63) is 77.3 Å². The molecule has 0 fully saturated rings. The van der Waals surface area contributed by atoms with Gasteiger partial charge in [-0.05, 0) is 18.6 Å². The summed E-state index contributed by atoms with van der Waals surface area (Å²) in [6, 6.07) is 9.59. The first-order valence-electron chi connectivity index (χ1n) is 7.06. The average Bonchev–Trinajstić information content (AvgIpc) is 3.20. The first-order valence-corrected chi connectivity index (χ1v) is 7.06. The zero-order valence-electron chi connectivity index (χ0n) is 12.5. The van der Waals surface area contributed by atoms with E-state index in [1.807, 2.05) is 31.2 Å². The third-order valence-electron chi connectivity index (χ3n) is 3.41. The fraction of sp³-hybridized carbons (Fsp3) is 0.118. The molecule has 0 radical (unpaired) electrons. The standard InChI is InChI=1S/C17H15N3O3/c1-11-2-4-12(5-3-11)8-16-13(6-7-23-16)14(21)9-15(22)17-18-10-19-20-17/h2-7,9-10,22H,8H2,1H3,(H,18,19,20). The van der Waals surface area contributed by atoms with Crippen molar-refractivity contribution in [3.63, 3.8) is 0 Å². The van der Waals surface area contributed by atoms with Crippen molar-refractivity contribution < 1.29 is 14.3 Å². The Hall–Kier alpha value is -3.15. The van der Waals surface area contributed by atoms with Crippen LogP contribution in [0.1, 0.15) is 33.1 Å². The Balaban J connectivity index is 1.81. The lowest BCUT2D eigenvalue weighted by atomic mass is 10.0. The summed E-state index contributed by atoms with van der Waals surface area (Å²) in [4.78, 5) is 16.1. The molecular weight excluding hydrogens is 294 g/mol. The van der Waals surface area contributed by atoms with Gasteiger partial charge >= 0.3 is 0 Å². The van der Waals surface area contributed by atoms with Gasteiger partial charge in [-0.25, -0.2) is 4.98 Å². The maximum Gasteiger partial charge on any atom is 0.215 e. The smallest absolute Gasteiger partial charge is 0.215 e.